The van der Waals surface area contributed by atoms with Gasteiger partial charge in [-0.15, -0.1) is 0 Å². The zero-order chi connectivity index (χ0) is 35.8. The Hall–Kier alpha value is -4.22. The number of benzene rings is 2. The fourth-order valence-electron chi connectivity index (χ4n) is 7.38. The molecule has 2 aromatic carbocycles. The van der Waals surface area contributed by atoms with Gasteiger partial charge in [-0.1, -0.05) is 63.6 Å². The molecule has 2 fully saturated rings. The van der Waals surface area contributed by atoms with E-state index in [0.717, 1.165) is 29.5 Å². The Bertz CT molecular complexity index is 1880. The fraction of sp³-hybridized carbons (Fsp3) is 0.500. The van der Waals surface area contributed by atoms with Crippen molar-refractivity contribution < 1.29 is 19.1 Å². The molecule has 4 N–H and O–H groups in total. The molecule has 1 aliphatic heterocycles. The molecule has 2 aliphatic rings. The number of hydrogen-bond donors (Lipinski definition) is 4. The van der Waals surface area contributed by atoms with Gasteiger partial charge in [-0.25, -0.2) is 4.98 Å². The minimum Gasteiger partial charge on any atom is -0.381 e. The van der Waals surface area contributed by atoms with Gasteiger partial charge in [-0.05, 0) is 78.8 Å². The lowest BCUT2D eigenvalue weighted by Crippen LogP contribution is -2.58. The summed E-state index contributed by atoms with van der Waals surface area (Å²) in [5.41, 5.74) is 2.11. The normalized spacial score (nSPS) is 18.5. The van der Waals surface area contributed by atoms with Crippen LogP contribution in [0.2, 0.25) is 5.02 Å². The molecule has 2 aromatic heterocycles. The van der Waals surface area contributed by atoms with E-state index >= 15 is 0 Å². The lowest BCUT2D eigenvalue weighted by atomic mass is 9.72. The second kappa shape index (κ2) is 13.8. The Morgan fingerprint density at radius 3 is 2.38 bits per heavy atom. The number of ether oxygens (including phenoxy) is 1. The molecule has 6 rings (SSSR count). The number of carbonyl (C=O) groups excluding carboxylic acids is 3. The molecule has 0 radical (unpaired) electrons. The number of nitrogens with zero attached hydrogens (tertiary/aromatic N) is 3. The molecule has 1 saturated carbocycles. The Morgan fingerprint density at radius 1 is 1.04 bits per heavy atom. The quantitative estimate of drug-likeness (QED) is 0.158. The lowest BCUT2D eigenvalue weighted by molar-refractivity contribution is -0.137. The van der Waals surface area contributed by atoms with Gasteiger partial charge in [0.05, 0.1) is 22.5 Å². The summed E-state index contributed by atoms with van der Waals surface area (Å²) < 4.78 is 7.28. The van der Waals surface area contributed by atoms with Crippen molar-refractivity contribution in [2.75, 3.05) is 19.8 Å². The summed E-state index contributed by atoms with van der Waals surface area (Å²) >= 11 is 6.85. The Labute approximate surface area is 298 Å². The van der Waals surface area contributed by atoms with Gasteiger partial charge in [-0.3, -0.25) is 19.1 Å². The number of amides is 3. The molecule has 3 heterocycles. The predicted octanol–water partition coefficient (Wildman–Crippen LogP) is 5.72. The van der Waals surface area contributed by atoms with Gasteiger partial charge < -0.3 is 25.7 Å². The van der Waals surface area contributed by atoms with Crippen molar-refractivity contribution in [1.29, 1.82) is 0 Å². The summed E-state index contributed by atoms with van der Waals surface area (Å²) in [6.45, 7) is 11.2. The van der Waals surface area contributed by atoms with Crippen LogP contribution in [-0.4, -0.2) is 63.3 Å². The molecule has 1 saturated heterocycles. The van der Waals surface area contributed by atoms with E-state index in [2.05, 4.69) is 33.0 Å². The highest BCUT2D eigenvalue weighted by atomic mass is 35.5. The van der Waals surface area contributed by atoms with Gasteiger partial charge in [0.2, 0.25) is 11.8 Å². The van der Waals surface area contributed by atoms with Crippen molar-refractivity contribution in [3.05, 3.63) is 82.4 Å². The first-order valence-corrected chi connectivity index (χ1v) is 17.8. The molecule has 50 heavy (non-hydrogen) atoms. The highest BCUT2D eigenvalue weighted by Crippen LogP contribution is 2.60. The number of halogens is 1. The number of aromatic nitrogens is 4. The van der Waals surface area contributed by atoms with Crippen LogP contribution in [0.3, 0.4) is 0 Å². The third-order valence-electron chi connectivity index (χ3n) is 10.6. The van der Waals surface area contributed by atoms with E-state index in [1.54, 1.807) is 24.0 Å². The first kappa shape index (κ1) is 35.6. The number of fused-ring (bicyclic) bond motifs is 1. The Kier molecular flexibility index (Phi) is 9.85. The van der Waals surface area contributed by atoms with Gasteiger partial charge in [0.15, 0.2) is 0 Å². The van der Waals surface area contributed by atoms with E-state index in [1.807, 2.05) is 70.2 Å². The summed E-state index contributed by atoms with van der Waals surface area (Å²) in [6, 6.07) is 14.1. The third-order valence-corrected chi connectivity index (χ3v) is 10.9. The lowest BCUT2D eigenvalue weighted by Gasteiger charge is -2.39. The van der Waals surface area contributed by atoms with Crippen molar-refractivity contribution in [2.45, 2.75) is 83.7 Å². The van der Waals surface area contributed by atoms with E-state index in [4.69, 9.17) is 21.3 Å². The summed E-state index contributed by atoms with van der Waals surface area (Å²) in [4.78, 5) is 49.8. The average Bonchev–Trinajstić information content (AvgIpc) is 3.45. The maximum atomic E-state index is 14.4. The molecular weight excluding hydrogens is 654 g/mol. The standard InChI is InChI=1S/C38H48ClN7O4/c1-7-40-34(48)31(36(2,3)4)45-35(49)38(17-20-50-21-18-38)23-12-13-26-27(22-23)43-32(42-26)30(44-33(47)28-14-19-41-46(28)6)29(37(5)15-16-37)24-10-8-9-11-25(24)39/h8-14,19,22,29-31H,7,15-18,20-21H2,1-6H3,(H,40,48)(H,42,43)(H,44,47)(H,45,49)/t29-,30-,31-/m0/s1. The van der Waals surface area contributed by atoms with Crippen LogP contribution in [0.1, 0.15) is 99.7 Å². The smallest absolute Gasteiger partial charge is 0.270 e. The maximum absolute atomic E-state index is 14.4. The second-order valence-corrected chi connectivity index (χ2v) is 15.6. The highest BCUT2D eigenvalue weighted by Gasteiger charge is 2.51. The van der Waals surface area contributed by atoms with Gasteiger partial charge in [0.1, 0.15) is 17.6 Å². The zero-order valence-electron chi connectivity index (χ0n) is 29.7. The Morgan fingerprint density at radius 2 is 1.76 bits per heavy atom. The number of rotatable bonds is 11. The van der Waals surface area contributed by atoms with E-state index in [-0.39, 0.29) is 29.1 Å². The zero-order valence-corrected chi connectivity index (χ0v) is 30.5. The van der Waals surface area contributed by atoms with Crippen LogP contribution in [0, 0.1) is 10.8 Å². The molecule has 3 amide bonds. The minimum atomic E-state index is -0.914. The van der Waals surface area contributed by atoms with E-state index in [1.165, 1.54) is 0 Å². The van der Waals surface area contributed by atoms with Crippen molar-refractivity contribution in [3.8, 4) is 0 Å². The number of aromatic amines is 1. The number of H-pyrrole nitrogens is 1. The largest absolute Gasteiger partial charge is 0.381 e. The third kappa shape index (κ3) is 6.90. The molecule has 12 heteroatoms. The van der Waals surface area contributed by atoms with Crippen molar-refractivity contribution in [3.63, 3.8) is 0 Å². The van der Waals surface area contributed by atoms with Crippen molar-refractivity contribution in [1.82, 2.24) is 35.7 Å². The van der Waals surface area contributed by atoms with Crippen LogP contribution in [-0.2, 0) is 26.8 Å². The average molecular weight is 702 g/mol. The fourth-order valence-corrected chi connectivity index (χ4v) is 7.63. The second-order valence-electron chi connectivity index (χ2n) is 15.2. The molecule has 4 aromatic rings. The number of likely N-dealkylation sites (N-methyl/N-ethyl adjacent to an activating group) is 1. The molecular formula is C38H48ClN7O4. The van der Waals surface area contributed by atoms with Gasteiger partial charge >= 0.3 is 0 Å². The van der Waals surface area contributed by atoms with Crippen LogP contribution < -0.4 is 16.0 Å². The van der Waals surface area contributed by atoms with Crippen molar-refractivity contribution >= 4 is 40.4 Å². The van der Waals surface area contributed by atoms with E-state index in [0.29, 0.717) is 54.7 Å². The van der Waals surface area contributed by atoms with Gasteiger partial charge in [0, 0.05) is 43.9 Å². The number of hydrogen-bond acceptors (Lipinski definition) is 6. The summed E-state index contributed by atoms with van der Waals surface area (Å²) in [6.07, 6.45) is 4.50. The highest BCUT2D eigenvalue weighted by molar-refractivity contribution is 6.31. The van der Waals surface area contributed by atoms with Crippen LogP contribution in [0.15, 0.2) is 54.7 Å². The summed E-state index contributed by atoms with van der Waals surface area (Å²) in [5, 5.41) is 14.1. The topological polar surface area (TPSA) is 143 Å². The predicted molar refractivity (Wildman–Crippen MR) is 193 cm³/mol. The van der Waals surface area contributed by atoms with E-state index < -0.39 is 22.9 Å². The van der Waals surface area contributed by atoms with Crippen LogP contribution in [0.5, 0.6) is 0 Å². The number of carbonyl (C=O) groups is 3. The molecule has 0 bridgehead atoms. The molecule has 0 spiro atoms. The van der Waals surface area contributed by atoms with Crippen LogP contribution in [0.25, 0.3) is 11.0 Å². The maximum Gasteiger partial charge on any atom is 0.270 e. The van der Waals surface area contributed by atoms with E-state index in [9.17, 15) is 14.4 Å². The van der Waals surface area contributed by atoms with Gasteiger partial charge in [0.25, 0.3) is 5.91 Å². The summed E-state index contributed by atoms with van der Waals surface area (Å²) in [5.74, 6) is -0.255. The van der Waals surface area contributed by atoms with Gasteiger partial charge in [-0.2, -0.15) is 5.10 Å². The monoisotopic (exact) mass is 701 g/mol. The Balaban J connectivity index is 1.41. The summed E-state index contributed by atoms with van der Waals surface area (Å²) in [7, 11) is 1.74. The molecule has 11 nitrogen and oxygen atoms in total. The minimum absolute atomic E-state index is 0.114. The van der Waals surface area contributed by atoms with Crippen molar-refractivity contribution in [2.24, 2.45) is 17.9 Å². The number of aryl methyl sites for hydroxylation is 1. The first-order chi connectivity index (χ1) is 23.8. The number of imidazole rings is 1. The SMILES string of the molecule is CCNC(=O)[C@H](NC(=O)C1(c2ccc3nc([C@@H](NC(=O)c4ccnn4C)[C@H](c4ccccc4Cl)C4(C)CC4)[nH]c3c2)CCOCC1)C(C)(C)C. The first-order valence-electron chi connectivity index (χ1n) is 17.5. The molecule has 266 valence electrons. The molecule has 0 unspecified atom stereocenters. The van der Waals surface area contributed by atoms with Crippen LogP contribution in [0.4, 0.5) is 0 Å². The molecule has 3 atom stereocenters. The molecule has 1 aliphatic carbocycles. The van der Waals surface area contributed by atoms with Crippen LogP contribution >= 0.6 is 11.6 Å². The number of nitrogens with one attached hydrogen (secondary N) is 4.